The third-order valence-corrected chi connectivity index (χ3v) is 3.79. The summed E-state index contributed by atoms with van der Waals surface area (Å²) < 4.78 is 27.3. The van der Waals surface area contributed by atoms with Gasteiger partial charge >= 0.3 is 10.2 Å². The quantitative estimate of drug-likeness (QED) is 0.762. The Labute approximate surface area is 88.1 Å². The summed E-state index contributed by atoms with van der Waals surface area (Å²) >= 11 is 0. The van der Waals surface area contributed by atoms with Gasteiger partial charge < -0.3 is 0 Å². The molecular formula is C7H13N5O2S. The molecule has 0 saturated carbocycles. The molecular weight excluding hydrogens is 218 g/mol. The van der Waals surface area contributed by atoms with E-state index in [4.69, 9.17) is 0 Å². The molecule has 0 bridgehead atoms. The molecule has 0 aromatic carbocycles. The third-order valence-electron chi connectivity index (χ3n) is 2.30. The highest BCUT2D eigenvalue weighted by Gasteiger charge is 2.24. The molecule has 1 aliphatic rings. The number of nitrogens with one attached hydrogen (secondary N) is 2. The maximum Gasteiger partial charge on any atom is 0.303 e. The summed E-state index contributed by atoms with van der Waals surface area (Å²) in [7, 11) is -3.46. The second-order valence-corrected chi connectivity index (χ2v) is 5.07. The van der Waals surface area contributed by atoms with Crippen molar-refractivity contribution < 1.29 is 8.42 Å². The standard InChI is InChI=1S/C7H13N5O2S/c13-15(14,11-7-8-6-9-10-7)12-4-2-1-3-5-12/h6H,1-5H2,(H2,8,9,10,11). The molecule has 1 aliphatic heterocycles. The van der Waals surface area contributed by atoms with Crippen LogP contribution in [0.5, 0.6) is 0 Å². The van der Waals surface area contributed by atoms with Crippen molar-refractivity contribution in [3.63, 3.8) is 0 Å². The van der Waals surface area contributed by atoms with Gasteiger partial charge in [-0.25, -0.2) is 9.82 Å². The number of aromatic nitrogens is 3. The molecule has 1 saturated heterocycles. The van der Waals surface area contributed by atoms with Crippen LogP contribution in [0.3, 0.4) is 0 Å². The number of aromatic amines is 1. The lowest BCUT2D eigenvalue weighted by molar-refractivity contribution is 0.349. The average molecular weight is 231 g/mol. The fourth-order valence-electron chi connectivity index (χ4n) is 1.55. The van der Waals surface area contributed by atoms with Crippen molar-refractivity contribution in [2.75, 3.05) is 17.8 Å². The largest absolute Gasteiger partial charge is 0.303 e. The zero-order chi connectivity index (χ0) is 10.7. The number of piperidine rings is 1. The maximum atomic E-state index is 11.8. The summed E-state index contributed by atoms with van der Waals surface area (Å²) in [6.07, 6.45) is 4.18. The van der Waals surface area contributed by atoms with Gasteiger partial charge in [-0.15, -0.1) is 0 Å². The van der Waals surface area contributed by atoms with Crippen LogP contribution in [-0.4, -0.2) is 41.0 Å². The van der Waals surface area contributed by atoms with Gasteiger partial charge in [0.15, 0.2) is 0 Å². The molecule has 0 radical (unpaired) electrons. The molecule has 0 amide bonds. The van der Waals surface area contributed by atoms with Crippen molar-refractivity contribution >= 4 is 16.2 Å². The van der Waals surface area contributed by atoms with E-state index in [1.165, 1.54) is 10.6 Å². The summed E-state index contributed by atoms with van der Waals surface area (Å²) in [5, 5.41) is 6.02. The fraction of sp³-hybridized carbons (Fsp3) is 0.714. The molecule has 15 heavy (non-hydrogen) atoms. The van der Waals surface area contributed by atoms with E-state index in [0.717, 1.165) is 19.3 Å². The molecule has 0 aliphatic carbocycles. The van der Waals surface area contributed by atoms with Crippen LogP contribution in [0.25, 0.3) is 0 Å². The van der Waals surface area contributed by atoms with Gasteiger partial charge in [0.2, 0.25) is 5.95 Å². The molecule has 0 spiro atoms. The molecule has 0 atom stereocenters. The van der Waals surface area contributed by atoms with Crippen molar-refractivity contribution in [3.8, 4) is 0 Å². The first-order chi connectivity index (χ1) is 7.18. The molecule has 8 heteroatoms. The highest BCUT2D eigenvalue weighted by atomic mass is 32.2. The maximum absolute atomic E-state index is 11.8. The molecule has 2 heterocycles. The second-order valence-electron chi connectivity index (χ2n) is 3.40. The Morgan fingerprint density at radius 2 is 2.07 bits per heavy atom. The van der Waals surface area contributed by atoms with Gasteiger partial charge in [-0.05, 0) is 12.8 Å². The molecule has 7 nitrogen and oxygen atoms in total. The zero-order valence-corrected chi connectivity index (χ0v) is 9.00. The number of hydrogen-bond donors (Lipinski definition) is 2. The van der Waals surface area contributed by atoms with Gasteiger partial charge in [0, 0.05) is 13.1 Å². The zero-order valence-electron chi connectivity index (χ0n) is 8.18. The lowest BCUT2D eigenvalue weighted by atomic mass is 10.2. The van der Waals surface area contributed by atoms with Crippen molar-refractivity contribution in [3.05, 3.63) is 6.33 Å². The van der Waals surface area contributed by atoms with Crippen LogP contribution in [0.15, 0.2) is 6.33 Å². The van der Waals surface area contributed by atoms with E-state index >= 15 is 0 Å². The summed E-state index contributed by atoms with van der Waals surface area (Å²) in [6.45, 7) is 1.15. The van der Waals surface area contributed by atoms with Crippen LogP contribution < -0.4 is 4.72 Å². The smallest absolute Gasteiger partial charge is 0.245 e. The van der Waals surface area contributed by atoms with Gasteiger partial charge in [-0.3, -0.25) is 0 Å². The van der Waals surface area contributed by atoms with Gasteiger partial charge in [-0.1, -0.05) is 6.42 Å². The monoisotopic (exact) mass is 231 g/mol. The minimum absolute atomic E-state index is 0.153. The van der Waals surface area contributed by atoms with E-state index < -0.39 is 10.2 Å². The fourth-order valence-corrected chi connectivity index (χ4v) is 2.76. The Kier molecular flexibility index (Phi) is 2.87. The van der Waals surface area contributed by atoms with Crippen LogP contribution in [-0.2, 0) is 10.2 Å². The Hall–Kier alpha value is -1.15. The third kappa shape index (κ3) is 2.45. The van der Waals surface area contributed by atoms with Crippen LogP contribution >= 0.6 is 0 Å². The number of nitrogens with zero attached hydrogens (tertiary/aromatic N) is 3. The van der Waals surface area contributed by atoms with E-state index in [2.05, 4.69) is 19.9 Å². The van der Waals surface area contributed by atoms with E-state index in [0.29, 0.717) is 13.1 Å². The minimum atomic E-state index is -3.46. The number of hydrogen-bond acceptors (Lipinski definition) is 4. The van der Waals surface area contributed by atoms with Crippen molar-refractivity contribution in [2.45, 2.75) is 19.3 Å². The first-order valence-corrected chi connectivity index (χ1v) is 6.26. The van der Waals surface area contributed by atoms with E-state index in [1.807, 2.05) is 0 Å². The SMILES string of the molecule is O=S(=O)(Nc1ncn[nH]1)N1CCCCC1. The number of anilines is 1. The normalized spacial score (nSPS) is 18.9. The van der Waals surface area contributed by atoms with Gasteiger partial charge in [0.05, 0.1) is 0 Å². The Bertz CT molecular complexity index is 395. The second kappa shape index (κ2) is 4.15. The van der Waals surface area contributed by atoms with Crippen molar-refractivity contribution in [2.24, 2.45) is 0 Å². The first kappa shape index (κ1) is 10.4. The minimum Gasteiger partial charge on any atom is -0.245 e. The highest BCUT2D eigenvalue weighted by molar-refractivity contribution is 7.90. The number of H-pyrrole nitrogens is 1. The van der Waals surface area contributed by atoms with Gasteiger partial charge in [0.1, 0.15) is 6.33 Å². The van der Waals surface area contributed by atoms with Crippen LogP contribution in [0.4, 0.5) is 5.95 Å². The van der Waals surface area contributed by atoms with Crippen LogP contribution in [0, 0.1) is 0 Å². The van der Waals surface area contributed by atoms with Gasteiger partial charge in [-0.2, -0.15) is 22.8 Å². The summed E-state index contributed by atoms with van der Waals surface area (Å²) in [5.41, 5.74) is 0. The molecule has 2 rings (SSSR count). The highest BCUT2D eigenvalue weighted by Crippen LogP contribution is 2.13. The molecule has 1 aromatic rings. The summed E-state index contributed by atoms with van der Waals surface area (Å²) in [4.78, 5) is 3.71. The van der Waals surface area contributed by atoms with Crippen LogP contribution in [0.2, 0.25) is 0 Å². The Morgan fingerprint density at radius 1 is 1.33 bits per heavy atom. The summed E-state index contributed by atoms with van der Waals surface area (Å²) in [6, 6.07) is 0. The van der Waals surface area contributed by atoms with E-state index in [-0.39, 0.29) is 5.95 Å². The Morgan fingerprint density at radius 3 is 2.67 bits per heavy atom. The van der Waals surface area contributed by atoms with Gasteiger partial charge in [0.25, 0.3) is 0 Å². The van der Waals surface area contributed by atoms with Crippen molar-refractivity contribution in [1.82, 2.24) is 19.5 Å². The molecule has 84 valence electrons. The summed E-state index contributed by atoms with van der Waals surface area (Å²) in [5.74, 6) is 0.153. The lowest BCUT2D eigenvalue weighted by Gasteiger charge is -2.25. The van der Waals surface area contributed by atoms with E-state index in [9.17, 15) is 8.42 Å². The number of rotatable bonds is 3. The topological polar surface area (TPSA) is 91.0 Å². The molecule has 2 N–H and O–H groups in total. The van der Waals surface area contributed by atoms with Crippen molar-refractivity contribution in [1.29, 1.82) is 0 Å². The predicted octanol–water partition coefficient (Wildman–Crippen LogP) is -0.0527. The van der Waals surface area contributed by atoms with E-state index in [1.54, 1.807) is 0 Å². The average Bonchev–Trinajstić information content (AvgIpc) is 2.71. The molecule has 1 fully saturated rings. The predicted molar refractivity (Wildman–Crippen MR) is 54.3 cm³/mol. The first-order valence-electron chi connectivity index (χ1n) is 4.82. The lowest BCUT2D eigenvalue weighted by Crippen LogP contribution is -2.39. The van der Waals surface area contributed by atoms with Crippen LogP contribution in [0.1, 0.15) is 19.3 Å². The Balaban J connectivity index is 2.05. The molecule has 1 aromatic heterocycles. The molecule has 0 unspecified atom stereocenters.